The predicted molar refractivity (Wildman–Crippen MR) is 83.3 cm³/mol. The third-order valence-electron chi connectivity index (χ3n) is 3.24. The highest BCUT2D eigenvalue weighted by atomic mass is 16.6. The molecule has 0 fully saturated rings. The topological polar surface area (TPSA) is 47.9 Å². The average Bonchev–Trinajstić information content (AvgIpc) is 2.77. The monoisotopic (exact) mass is 287 g/mol. The SMILES string of the molecule is CCc1ccc(OC)c(/C=C2/N=C(CC(C)C)OC2=O)c1. The Kier molecular flexibility index (Phi) is 4.78. The lowest BCUT2D eigenvalue weighted by Crippen LogP contribution is -2.06. The van der Waals surface area contributed by atoms with Crippen LogP contribution in [0, 0.1) is 5.92 Å². The average molecular weight is 287 g/mol. The zero-order valence-electron chi connectivity index (χ0n) is 13.0. The second-order valence-corrected chi connectivity index (χ2v) is 5.45. The van der Waals surface area contributed by atoms with Crippen molar-refractivity contribution in [3.63, 3.8) is 0 Å². The zero-order valence-corrected chi connectivity index (χ0v) is 13.0. The first-order valence-corrected chi connectivity index (χ1v) is 7.21. The Balaban J connectivity index is 2.34. The molecule has 1 aromatic carbocycles. The van der Waals surface area contributed by atoms with Crippen LogP contribution in [0.25, 0.3) is 6.08 Å². The summed E-state index contributed by atoms with van der Waals surface area (Å²) < 4.78 is 10.5. The Morgan fingerprint density at radius 3 is 2.76 bits per heavy atom. The molecule has 1 aliphatic rings. The number of carbonyl (C=O) groups excluding carboxylic acids is 1. The molecule has 1 heterocycles. The molecule has 0 atom stereocenters. The van der Waals surface area contributed by atoms with Crippen LogP contribution in [0.4, 0.5) is 0 Å². The maximum absolute atomic E-state index is 11.9. The third-order valence-corrected chi connectivity index (χ3v) is 3.24. The molecule has 0 saturated carbocycles. The van der Waals surface area contributed by atoms with E-state index in [0.717, 1.165) is 17.7 Å². The van der Waals surface area contributed by atoms with Crippen LogP contribution in [-0.2, 0) is 16.0 Å². The number of aliphatic imine (C=N–C) groups is 1. The summed E-state index contributed by atoms with van der Waals surface area (Å²) in [4.78, 5) is 16.2. The van der Waals surface area contributed by atoms with E-state index in [1.165, 1.54) is 5.56 Å². The number of carbonyl (C=O) groups is 1. The highest BCUT2D eigenvalue weighted by molar-refractivity contribution is 6.07. The number of rotatable bonds is 5. The van der Waals surface area contributed by atoms with Crippen LogP contribution in [0.15, 0.2) is 28.9 Å². The molecule has 0 radical (unpaired) electrons. The summed E-state index contributed by atoms with van der Waals surface area (Å²) in [6, 6.07) is 5.93. The van der Waals surface area contributed by atoms with Crippen molar-refractivity contribution in [3.8, 4) is 5.75 Å². The second-order valence-electron chi connectivity index (χ2n) is 5.45. The molecule has 2 rings (SSSR count). The quantitative estimate of drug-likeness (QED) is 0.614. The fraction of sp³-hybridized carbons (Fsp3) is 0.412. The van der Waals surface area contributed by atoms with E-state index in [1.54, 1.807) is 13.2 Å². The van der Waals surface area contributed by atoms with Gasteiger partial charge in [0.1, 0.15) is 5.75 Å². The first kappa shape index (κ1) is 15.3. The standard InChI is InChI=1S/C17H21NO3/c1-5-12-6-7-15(20-4)13(9-12)10-14-17(19)21-16(18-14)8-11(2)3/h6-7,9-11H,5,8H2,1-4H3/b14-10+. The van der Waals surface area contributed by atoms with Gasteiger partial charge in [-0.2, -0.15) is 0 Å². The summed E-state index contributed by atoms with van der Waals surface area (Å²) in [5.74, 6) is 1.22. The van der Waals surface area contributed by atoms with E-state index in [0.29, 0.717) is 23.9 Å². The molecular formula is C17H21NO3. The van der Waals surface area contributed by atoms with Gasteiger partial charge in [0.25, 0.3) is 0 Å². The van der Waals surface area contributed by atoms with Crippen LogP contribution in [0.2, 0.25) is 0 Å². The molecule has 0 amide bonds. The van der Waals surface area contributed by atoms with Crippen LogP contribution in [0.1, 0.15) is 38.3 Å². The predicted octanol–water partition coefficient (Wildman–Crippen LogP) is 3.60. The summed E-state index contributed by atoms with van der Waals surface area (Å²) >= 11 is 0. The Morgan fingerprint density at radius 1 is 1.38 bits per heavy atom. The molecule has 0 N–H and O–H groups in total. The number of ether oxygens (including phenoxy) is 2. The number of hydrogen-bond donors (Lipinski definition) is 0. The molecule has 1 aliphatic heterocycles. The van der Waals surface area contributed by atoms with Gasteiger partial charge in [-0.15, -0.1) is 0 Å². The number of benzene rings is 1. The second kappa shape index (κ2) is 6.57. The van der Waals surface area contributed by atoms with E-state index in [2.05, 4.69) is 25.8 Å². The molecule has 1 aromatic rings. The van der Waals surface area contributed by atoms with Crippen LogP contribution in [0.3, 0.4) is 0 Å². The summed E-state index contributed by atoms with van der Waals surface area (Å²) in [6.45, 7) is 6.21. The van der Waals surface area contributed by atoms with Gasteiger partial charge in [0, 0.05) is 12.0 Å². The number of esters is 1. The molecule has 0 bridgehead atoms. The smallest absolute Gasteiger partial charge is 0.363 e. The maximum atomic E-state index is 11.9. The van der Waals surface area contributed by atoms with Crippen molar-refractivity contribution in [2.45, 2.75) is 33.6 Å². The van der Waals surface area contributed by atoms with Crippen molar-refractivity contribution < 1.29 is 14.3 Å². The summed E-state index contributed by atoms with van der Waals surface area (Å²) in [7, 11) is 1.61. The molecule has 0 spiro atoms. The van der Waals surface area contributed by atoms with Crippen LogP contribution in [-0.4, -0.2) is 19.0 Å². The number of methoxy groups -OCH3 is 1. The largest absolute Gasteiger partial charge is 0.496 e. The Labute approximate surface area is 125 Å². The van der Waals surface area contributed by atoms with Gasteiger partial charge in [0.15, 0.2) is 11.6 Å². The van der Waals surface area contributed by atoms with Crippen molar-refractivity contribution in [3.05, 3.63) is 35.0 Å². The fourth-order valence-electron chi connectivity index (χ4n) is 2.15. The molecule has 112 valence electrons. The lowest BCUT2D eigenvalue weighted by Gasteiger charge is -2.06. The Morgan fingerprint density at radius 2 is 2.14 bits per heavy atom. The zero-order chi connectivity index (χ0) is 15.4. The van der Waals surface area contributed by atoms with Crippen molar-refractivity contribution in [1.82, 2.24) is 0 Å². The van der Waals surface area contributed by atoms with Crippen LogP contribution < -0.4 is 4.74 Å². The van der Waals surface area contributed by atoms with Crippen LogP contribution >= 0.6 is 0 Å². The molecule has 4 heteroatoms. The number of nitrogens with zero attached hydrogens (tertiary/aromatic N) is 1. The molecular weight excluding hydrogens is 266 g/mol. The maximum Gasteiger partial charge on any atom is 0.363 e. The van der Waals surface area contributed by atoms with Crippen molar-refractivity contribution in [2.75, 3.05) is 7.11 Å². The van der Waals surface area contributed by atoms with Crippen LogP contribution in [0.5, 0.6) is 5.75 Å². The third kappa shape index (κ3) is 3.72. The Bertz CT molecular complexity index is 600. The van der Waals surface area contributed by atoms with Gasteiger partial charge in [-0.1, -0.05) is 26.8 Å². The van der Waals surface area contributed by atoms with Gasteiger partial charge in [0.2, 0.25) is 0 Å². The van der Waals surface area contributed by atoms with E-state index in [4.69, 9.17) is 9.47 Å². The fourth-order valence-corrected chi connectivity index (χ4v) is 2.15. The molecule has 0 saturated heterocycles. The van der Waals surface area contributed by atoms with E-state index in [1.807, 2.05) is 18.2 Å². The molecule has 21 heavy (non-hydrogen) atoms. The first-order chi connectivity index (χ1) is 10.0. The number of aryl methyl sites for hydroxylation is 1. The number of hydrogen-bond acceptors (Lipinski definition) is 4. The van der Waals surface area contributed by atoms with Crippen molar-refractivity contribution >= 4 is 17.9 Å². The van der Waals surface area contributed by atoms with E-state index >= 15 is 0 Å². The molecule has 0 aromatic heterocycles. The summed E-state index contributed by atoms with van der Waals surface area (Å²) in [6.07, 6.45) is 3.31. The Hall–Kier alpha value is -2.10. The van der Waals surface area contributed by atoms with E-state index < -0.39 is 5.97 Å². The van der Waals surface area contributed by atoms with Gasteiger partial charge in [-0.3, -0.25) is 0 Å². The lowest BCUT2D eigenvalue weighted by molar-refractivity contribution is -0.130. The minimum Gasteiger partial charge on any atom is -0.496 e. The highest BCUT2D eigenvalue weighted by Crippen LogP contribution is 2.25. The van der Waals surface area contributed by atoms with Crippen molar-refractivity contribution in [2.24, 2.45) is 10.9 Å². The molecule has 0 aliphatic carbocycles. The summed E-state index contributed by atoms with van der Waals surface area (Å²) in [5.41, 5.74) is 2.36. The van der Waals surface area contributed by atoms with E-state index in [-0.39, 0.29) is 0 Å². The lowest BCUT2D eigenvalue weighted by atomic mass is 10.1. The van der Waals surface area contributed by atoms with Gasteiger partial charge >= 0.3 is 5.97 Å². The molecule has 0 unspecified atom stereocenters. The van der Waals surface area contributed by atoms with Crippen molar-refractivity contribution in [1.29, 1.82) is 0 Å². The number of cyclic esters (lactones) is 1. The van der Waals surface area contributed by atoms with Gasteiger partial charge in [-0.05, 0) is 36.1 Å². The first-order valence-electron chi connectivity index (χ1n) is 7.21. The van der Waals surface area contributed by atoms with Gasteiger partial charge in [-0.25, -0.2) is 9.79 Å². The normalized spacial score (nSPS) is 16.3. The van der Waals surface area contributed by atoms with E-state index in [9.17, 15) is 4.79 Å². The minimum absolute atomic E-state index is 0.331. The van der Waals surface area contributed by atoms with Gasteiger partial charge in [0.05, 0.1) is 7.11 Å². The molecule has 4 nitrogen and oxygen atoms in total. The summed E-state index contributed by atoms with van der Waals surface area (Å²) in [5, 5.41) is 0. The minimum atomic E-state index is -0.394. The highest BCUT2D eigenvalue weighted by Gasteiger charge is 2.23. The van der Waals surface area contributed by atoms with Gasteiger partial charge < -0.3 is 9.47 Å².